The molecule has 14 rings (SSSR count). The van der Waals surface area contributed by atoms with Crippen LogP contribution < -0.4 is 9.79 Å². The van der Waals surface area contributed by atoms with Crippen LogP contribution in [0.15, 0.2) is 211 Å². The van der Waals surface area contributed by atoms with E-state index in [2.05, 4.69) is 182 Å². The maximum absolute atomic E-state index is 13.3. The summed E-state index contributed by atoms with van der Waals surface area (Å²) in [5.41, 5.74) is 15.8. The zero-order valence-electron chi connectivity index (χ0n) is 39.9. The van der Waals surface area contributed by atoms with Crippen LogP contribution in [-0.4, -0.2) is 9.97 Å². The summed E-state index contributed by atoms with van der Waals surface area (Å²) in [7, 11) is -3.15. The van der Waals surface area contributed by atoms with Gasteiger partial charge in [0.05, 0.1) is 0 Å². The van der Waals surface area contributed by atoms with Gasteiger partial charge < -0.3 is 9.79 Å². The van der Waals surface area contributed by atoms with E-state index in [1.165, 1.54) is 71.6 Å². The van der Waals surface area contributed by atoms with Crippen molar-refractivity contribution in [2.75, 3.05) is 0 Å². The molecule has 0 bridgehead atoms. The van der Waals surface area contributed by atoms with E-state index in [9.17, 15) is 9.79 Å². The smallest absolute Gasteiger partial charge is 0.171 e. The van der Waals surface area contributed by atoms with E-state index in [0.717, 1.165) is 53.4 Å². The average molecular weight is 1020 g/mol. The van der Waals surface area contributed by atoms with Crippen molar-refractivity contribution in [3.05, 3.63) is 261 Å². The molecule has 0 fully saturated rings. The Labute approximate surface area is 424 Å². The molecule has 344 valence electrons. The van der Waals surface area contributed by atoms with E-state index in [4.69, 9.17) is 4.98 Å². The van der Waals surface area contributed by atoms with E-state index in [-0.39, 0.29) is 16.7 Å². The number of fused-ring (bicyclic) bond motifs is 12. The number of aromatic nitrogens is 2. The quantitative estimate of drug-likeness (QED) is 0.154. The normalized spacial score (nSPS) is 15.5. The molecule has 0 spiro atoms. The Bertz CT molecular complexity index is 4110. The lowest BCUT2D eigenvalue weighted by atomic mass is 9.63. The SMILES string of the molecule is CC1(C)c2ccccc2C(c2ccc3c(c2)nc2ccccc2[p+]3[O-])c2c1ccc1ccccc21.CC1(C)c2ccccc2Cc2c1ccc1ccccc21.[O-][p+]1c2ccccc2nc2cc(Br)ccc21. The van der Waals surface area contributed by atoms with E-state index < -0.39 is 15.5 Å². The van der Waals surface area contributed by atoms with Crippen LogP contribution in [0, 0.1) is 0 Å². The largest absolute Gasteiger partial charge is 0.625 e. The van der Waals surface area contributed by atoms with E-state index >= 15 is 0 Å². The second-order valence-corrected chi connectivity index (χ2v) is 23.9. The molecule has 3 atom stereocenters. The summed E-state index contributed by atoms with van der Waals surface area (Å²) >= 11 is 3.40. The lowest BCUT2D eigenvalue weighted by Crippen LogP contribution is -2.30. The van der Waals surface area contributed by atoms with Crippen LogP contribution in [-0.2, 0) is 17.3 Å². The van der Waals surface area contributed by atoms with Crippen molar-refractivity contribution in [2.45, 2.75) is 50.9 Å². The van der Waals surface area contributed by atoms with Gasteiger partial charge in [-0.1, -0.05) is 195 Å². The number of rotatable bonds is 1. The van der Waals surface area contributed by atoms with Gasteiger partial charge in [0.2, 0.25) is 0 Å². The van der Waals surface area contributed by atoms with Gasteiger partial charge in [0.1, 0.15) is 37.6 Å². The fourth-order valence-electron chi connectivity index (χ4n) is 11.6. The predicted octanol–water partition coefficient (Wildman–Crippen LogP) is 16.4. The zero-order valence-corrected chi connectivity index (χ0v) is 43.3. The number of hydrogen-bond acceptors (Lipinski definition) is 4. The summed E-state index contributed by atoms with van der Waals surface area (Å²) in [6.45, 7) is 9.36. The summed E-state index contributed by atoms with van der Waals surface area (Å²) in [4.78, 5) is 35.1. The monoisotopic (exact) mass is 1020 g/mol. The first-order valence-corrected chi connectivity index (χ1v) is 27.5. The van der Waals surface area contributed by atoms with Gasteiger partial charge in [-0.2, -0.15) is 0 Å². The van der Waals surface area contributed by atoms with Crippen LogP contribution in [0.2, 0.25) is 0 Å². The number of nitrogens with zero attached hydrogens (tertiary/aromatic N) is 2. The highest BCUT2D eigenvalue weighted by Crippen LogP contribution is 2.52. The van der Waals surface area contributed by atoms with Crippen molar-refractivity contribution >= 4 is 95.5 Å². The van der Waals surface area contributed by atoms with Crippen molar-refractivity contribution in [2.24, 2.45) is 0 Å². The zero-order chi connectivity index (χ0) is 48.6. The first-order valence-electron chi connectivity index (χ1n) is 24.2. The summed E-state index contributed by atoms with van der Waals surface area (Å²) in [6, 6.07) is 71.7. The molecule has 0 saturated heterocycles. The molecular formula is C64H49BrN2O2P2. The lowest BCUT2D eigenvalue weighted by Gasteiger charge is -2.40. The molecule has 0 aliphatic heterocycles. The molecule has 0 radical (unpaired) electrons. The van der Waals surface area contributed by atoms with Crippen LogP contribution in [0.4, 0.5) is 0 Å². The van der Waals surface area contributed by atoms with E-state index in [1.54, 1.807) is 0 Å². The molecule has 0 amide bonds. The van der Waals surface area contributed by atoms with E-state index in [0.29, 0.717) is 0 Å². The highest BCUT2D eigenvalue weighted by atomic mass is 79.9. The van der Waals surface area contributed by atoms with Crippen LogP contribution in [0.3, 0.4) is 0 Å². The second-order valence-electron chi connectivity index (χ2n) is 19.8. The molecule has 3 unspecified atom stereocenters. The van der Waals surface area contributed by atoms with Gasteiger partial charge in [0.25, 0.3) is 0 Å². The summed E-state index contributed by atoms with van der Waals surface area (Å²) in [5, 5.41) is 8.60. The Balaban J connectivity index is 0.000000121. The van der Waals surface area contributed by atoms with Gasteiger partial charge in [-0.05, 0) is 133 Å². The first-order chi connectivity index (χ1) is 34.5. The Morgan fingerprint density at radius 2 is 0.958 bits per heavy atom. The third-order valence-electron chi connectivity index (χ3n) is 15.0. The maximum atomic E-state index is 13.3. The Morgan fingerprint density at radius 3 is 1.66 bits per heavy atom. The molecule has 10 aromatic carbocycles. The van der Waals surface area contributed by atoms with Gasteiger partial charge in [-0.15, -0.1) is 0 Å². The van der Waals surface area contributed by atoms with Crippen LogP contribution in [0.1, 0.15) is 83.7 Å². The van der Waals surface area contributed by atoms with Crippen LogP contribution in [0.25, 0.3) is 64.1 Å². The summed E-state index contributed by atoms with van der Waals surface area (Å²) < 4.78 is 0.956. The van der Waals surface area contributed by atoms with Gasteiger partial charge >= 0.3 is 0 Å². The minimum atomic E-state index is -1.65. The molecule has 2 aromatic heterocycles. The second kappa shape index (κ2) is 17.9. The van der Waals surface area contributed by atoms with Crippen molar-refractivity contribution in [1.29, 1.82) is 0 Å². The summed E-state index contributed by atoms with van der Waals surface area (Å²) in [5.74, 6) is 0.0795. The van der Waals surface area contributed by atoms with Gasteiger partial charge in [0.15, 0.2) is 20.5 Å². The van der Waals surface area contributed by atoms with Crippen molar-refractivity contribution < 1.29 is 9.79 Å². The maximum Gasteiger partial charge on any atom is 0.171 e. The van der Waals surface area contributed by atoms with Gasteiger partial charge in [0, 0.05) is 21.2 Å². The molecular weight excluding hydrogens is 971 g/mol. The van der Waals surface area contributed by atoms with E-state index in [1.807, 2.05) is 72.8 Å². The minimum Gasteiger partial charge on any atom is -0.625 e. The van der Waals surface area contributed by atoms with Crippen molar-refractivity contribution in [1.82, 2.24) is 9.97 Å². The molecule has 12 aromatic rings. The van der Waals surface area contributed by atoms with Crippen molar-refractivity contribution in [3.63, 3.8) is 0 Å². The number of hydrogen-bond donors (Lipinski definition) is 0. The number of halogens is 1. The molecule has 2 aliphatic carbocycles. The Morgan fingerprint density at radius 1 is 0.451 bits per heavy atom. The van der Waals surface area contributed by atoms with Crippen LogP contribution in [0.5, 0.6) is 0 Å². The molecule has 0 N–H and O–H groups in total. The lowest BCUT2D eigenvalue weighted by molar-refractivity contribution is -0.149. The predicted molar refractivity (Wildman–Crippen MR) is 300 cm³/mol. The fraction of sp³-hybridized carbons (Fsp3) is 0.125. The molecule has 7 heteroatoms. The Hall–Kier alpha value is -6.68. The molecule has 2 aliphatic rings. The summed E-state index contributed by atoms with van der Waals surface area (Å²) in [6.07, 6.45) is 1.05. The number of para-hydroxylation sites is 2. The third-order valence-corrected chi connectivity index (χ3v) is 18.8. The first kappa shape index (κ1) is 45.5. The average Bonchev–Trinajstić information content (AvgIpc) is 3.39. The molecule has 4 nitrogen and oxygen atoms in total. The van der Waals surface area contributed by atoms with Crippen LogP contribution >= 0.6 is 31.5 Å². The highest BCUT2D eigenvalue weighted by molar-refractivity contribution is 9.10. The topological polar surface area (TPSA) is 71.9 Å². The minimum absolute atomic E-state index is 0.0795. The molecule has 71 heavy (non-hydrogen) atoms. The highest BCUT2D eigenvalue weighted by Gasteiger charge is 2.39. The standard InChI is InChI=1S/C32H24NOP.C20H18.C12H7BrNOP/c1-32(2)24-12-6-5-11-23(24)30(31-22-10-4-3-9-20(22)15-17-25(31)32)21-16-18-29-27(19-21)33-26-13-7-8-14-28(26)35(29)34;1-20(2)18-10-6-4-8-15(18)13-17-16-9-5-3-7-14(16)11-12-19(17)20;13-8-5-6-12-10(7-8)14-9-3-1-2-4-11(9)16(12)15/h3-19,30H,1-2H3;3-12H,13H2,1-2H3;1-7H. The molecule has 2 heterocycles. The molecule has 0 saturated carbocycles. The number of benzene rings is 10. The fourth-order valence-corrected chi connectivity index (χ4v) is 14.6. The third kappa shape index (κ3) is 7.75. The Kier molecular flexibility index (Phi) is 11.4. The van der Waals surface area contributed by atoms with Gasteiger partial charge in [-0.25, -0.2) is 9.97 Å². The van der Waals surface area contributed by atoms with Gasteiger partial charge in [-0.3, -0.25) is 0 Å². The van der Waals surface area contributed by atoms with Crippen molar-refractivity contribution in [3.8, 4) is 0 Å².